The quantitative estimate of drug-likeness (QED) is 0.647. The second kappa shape index (κ2) is 8.23. The zero-order chi connectivity index (χ0) is 17.0. The first-order valence-corrected chi connectivity index (χ1v) is 12.4. The SMILES string of the molecule is COc1c(C)cc(NCc2ccc(F)cc2[CH]=[Ru]([Cl])[Cl])cc1C. The van der Waals surface area contributed by atoms with Crippen LogP contribution in [0.3, 0.4) is 0 Å². The number of hydrogen-bond acceptors (Lipinski definition) is 2. The summed E-state index contributed by atoms with van der Waals surface area (Å²) in [6.07, 6.45) is 0. The van der Waals surface area contributed by atoms with E-state index < -0.39 is 13.5 Å². The van der Waals surface area contributed by atoms with E-state index in [1.807, 2.05) is 26.0 Å². The number of ether oxygens (including phenoxy) is 1. The number of halogens is 3. The van der Waals surface area contributed by atoms with Gasteiger partial charge in [-0.05, 0) is 0 Å². The van der Waals surface area contributed by atoms with Gasteiger partial charge >= 0.3 is 149 Å². The van der Waals surface area contributed by atoms with Crippen LogP contribution in [0.5, 0.6) is 5.75 Å². The van der Waals surface area contributed by atoms with Crippen LogP contribution in [0.15, 0.2) is 30.3 Å². The van der Waals surface area contributed by atoms with Gasteiger partial charge in [0.1, 0.15) is 0 Å². The Labute approximate surface area is 149 Å². The molecule has 23 heavy (non-hydrogen) atoms. The second-order valence-electron chi connectivity index (χ2n) is 5.15. The molecule has 126 valence electrons. The summed E-state index contributed by atoms with van der Waals surface area (Å²) in [6, 6.07) is 8.72. The van der Waals surface area contributed by atoms with E-state index in [2.05, 4.69) is 5.32 Å². The van der Waals surface area contributed by atoms with Gasteiger partial charge in [0.05, 0.1) is 0 Å². The molecule has 0 saturated heterocycles. The van der Waals surface area contributed by atoms with Gasteiger partial charge in [-0.25, -0.2) is 0 Å². The summed E-state index contributed by atoms with van der Waals surface area (Å²) < 4.78 is 20.6. The van der Waals surface area contributed by atoms with Crippen LogP contribution in [0.2, 0.25) is 0 Å². The fraction of sp³-hybridized carbons (Fsp3) is 0.235. The van der Waals surface area contributed by atoms with Gasteiger partial charge in [0.2, 0.25) is 0 Å². The first-order chi connectivity index (χ1) is 10.9. The molecule has 0 saturated carbocycles. The van der Waals surface area contributed by atoms with Gasteiger partial charge in [-0.15, -0.1) is 0 Å². The maximum absolute atomic E-state index is 13.4. The Kier molecular flexibility index (Phi) is 6.58. The van der Waals surface area contributed by atoms with Gasteiger partial charge in [0.15, 0.2) is 0 Å². The molecule has 0 heterocycles. The standard InChI is InChI=1S/C17H18FNO.2ClH.Ru/c1-11-7-15(18)6-5-14(11)10-19-16-8-12(2)17(20-4)13(3)9-16;;;/h1,5-9,19H,10H2,2-4H3;2*1H;/q;;;+2/p-2. The Morgan fingerprint density at radius 1 is 1.17 bits per heavy atom. The normalized spacial score (nSPS) is 11.1. The third kappa shape index (κ3) is 5.01. The van der Waals surface area contributed by atoms with E-state index in [0.29, 0.717) is 6.54 Å². The monoisotopic (exact) mass is 443 g/mol. The van der Waals surface area contributed by atoms with Crippen molar-refractivity contribution in [3.63, 3.8) is 0 Å². The third-order valence-corrected chi connectivity index (χ3v) is 5.28. The van der Waals surface area contributed by atoms with Crippen LogP contribution in [-0.4, -0.2) is 11.7 Å². The van der Waals surface area contributed by atoms with Crippen molar-refractivity contribution in [2.24, 2.45) is 0 Å². The molecular weight excluding hydrogens is 425 g/mol. The summed E-state index contributed by atoms with van der Waals surface area (Å²) >= 11 is -2.00. The van der Waals surface area contributed by atoms with E-state index in [9.17, 15) is 4.39 Å². The molecule has 0 fully saturated rings. The number of nitrogens with one attached hydrogen (secondary N) is 1. The van der Waals surface area contributed by atoms with Crippen molar-refractivity contribution in [2.45, 2.75) is 20.4 Å². The van der Waals surface area contributed by atoms with Crippen molar-refractivity contribution < 1.29 is 22.6 Å². The fourth-order valence-electron chi connectivity index (χ4n) is 2.48. The molecule has 0 aromatic heterocycles. The molecule has 0 radical (unpaired) electrons. The van der Waals surface area contributed by atoms with Crippen molar-refractivity contribution in [2.75, 3.05) is 12.4 Å². The Bertz CT molecular complexity index is 722. The van der Waals surface area contributed by atoms with Crippen molar-refractivity contribution in [3.8, 4) is 5.75 Å². The van der Waals surface area contributed by atoms with Crippen molar-refractivity contribution in [1.29, 1.82) is 0 Å². The first kappa shape index (κ1) is 18.4. The van der Waals surface area contributed by atoms with Crippen LogP contribution in [0, 0.1) is 19.7 Å². The molecule has 1 N–H and O–H groups in total. The molecule has 0 amide bonds. The topological polar surface area (TPSA) is 21.3 Å². The van der Waals surface area contributed by atoms with E-state index >= 15 is 0 Å². The molecule has 0 atom stereocenters. The molecular formula is C17H18Cl2FNORu. The van der Waals surface area contributed by atoms with Crippen LogP contribution in [0.1, 0.15) is 22.3 Å². The zero-order valence-electron chi connectivity index (χ0n) is 13.1. The average molecular weight is 443 g/mol. The van der Waals surface area contributed by atoms with Crippen molar-refractivity contribution in [3.05, 3.63) is 58.4 Å². The van der Waals surface area contributed by atoms with E-state index in [1.165, 1.54) is 12.1 Å². The molecule has 2 rings (SSSR count). The van der Waals surface area contributed by atoms with Crippen LogP contribution in [0.4, 0.5) is 10.1 Å². The molecule has 0 aliphatic heterocycles. The van der Waals surface area contributed by atoms with Crippen LogP contribution in [0.25, 0.3) is 0 Å². The molecule has 0 aliphatic carbocycles. The van der Waals surface area contributed by atoms with Crippen LogP contribution < -0.4 is 10.1 Å². The number of anilines is 1. The van der Waals surface area contributed by atoms with Gasteiger partial charge in [0, 0.05) is 0 Å². The van der Waals surface area contributed by atoms with Crippen molar-refractivity contribution >= 4 is 29.7 Å². The molecule has 2 aromatic carbocycles. The van der Waals surface area contributed by atoms with Crippen LogP contribution >= 0.6 is 19.4 Å². The van der Waals surface area contributed by atoms with E-state index in [1.54, 1.807) is 17.8 Å². The molecule has 0 unspecified atom stereocenters. The average Bonchev–Trinajstić information content (AvgIpc) is 2.45. The Balaban J connectivity index is 2.23. The van der Waals surface area contributed by atoms with Crippen LogP contribution in [-0.2, 0) is 20.1 Å². The van der Waals surface area contributed by atoms with Gasteiger partial charge in [-0.2, -0.15) is 0 Å². The van der Waals surface area contributed by atoms with E-state index in [0.717, 1.165) is 33.7 Å². The molecule has 2 aromatic rings. The zero-order valence-corrected chi connectivity index (χ0v) is 16.3. The molecule has 0 spiro atoms. The van der Waals surface area contributed by atoms with Gasteiger partial charge in [-0.1, -0.05) is 0 Å². The van der Waals surface area contributed by atoms with E-state index in [4.69, 9.17) is 24.1 Å². The predicted molar refractivity (Wildman–Crippen MR) is 93.1 cm³/mol. The Hall–Kier alpha value is -0.957. The molecule has 6 heteroatoms. The molecule has 0 aliphatic rings. The number of benzene rings is 2. The number of rotatable bonds is 5. The Morgan fingerprint density at radius 2 is 1.83 bits per heavy atom. The minimum atomic E-state index is -2.00. The van der Waals surface area contributed by atoms with Gasteiger partial charge < -0.3 is 0 Å². The Morgan fingerprint density at radius 3 is 2.39 bits per heavy atom. The number of aryl methyl sites for hydroxylation is 2. The summed E-state index contributed by atoms with van der Waals surface area (Å²) in [4.78, 5) is 0. The maximum atomic E-state index is 13.4. The summed E-state index contributed by atoms with van der Waals surface area (Å²) in [5.74, 6) is 0.601. The van der Waals surface area contributed by atoms with Gasteiger partial charge in [0.25, 0.3) is 0 Å². The fourth-order valence-corrected chi connectivity index (χ4v) is 4.34. The molecule has 0 bridgehead atoms. The van der Waals surface area contributed by atoms with Gasteiger partial charge in [-0.3, -0.25) is 0 Å². The first-order valence-electron chi connectivity index (χ1n) is 6.91. The minimum absolute atomic E-state index is 0.292. The third-order valence-electron chi connectivity index (χ3n) is 3.44. The second-order valence-corrected chi connectivity index (χ2v) is 10.9. The van der Waals surface area contributed by atoms with E-state index in [-0.39, 0.29) is 5.82 Å². The summed E-state index contributed by atoms with van der Waals surface area (Å²) in [7, 11) is 13.5. The summed E-state index contributed by atoms with van der Waals surface area (Å²) in [5, 5.41) is 3.36. The number of methoxy groups -OCH3 is 1. The predicted octanol–water partition coefficient (Wildman–Crippen LogP) is 5.14. The number of hydrogen-bond donors (Lipinski definition) is 1. The van der Waals surface area contributed by atoms with Crippen molar-refractivity contribution in [1.82, 2.24) is 0 Å². The summed E-state index contributed by atoms with van der Waals surface area (Å²) in [6.45, 7) is 4.57. The molecule has 2 nitrogen and oxygen atoms in total. The summed E-state index contributed by atoms with van der Waals surface area (Å²) in [5.41, 5.74) is 4.83.